The second kappa shape index (κ2) is 11.5. The van der Waals surface area contributed by atoms with Crippen LogP contribution in [0.3, 0.4) is 0 Å². The van der Waals surface area contributed by atoms with Crippen molar-refractivity contribution in [2.75, 3.05) is 26.7 Å². The Morgan fingerprint density at radius 2 is 1.81 bits per heavy atom. The van der Waals surface area contributed by atoms with Crippen molar-refractivity contribution in [2.24, 2.45) is 4.99 Å². The molecule has 0 radical (unpaired) electrons. The van der Waals surface area contributed by atoms with Gasteiger partial charge in [-0.1, -0.05) is 0 Å². The van der Waals surface area contributed by atoms with E-state index in [1.807, 2.05) is 12.3 Å². The molecule has 0 aliphatic carbocycles. The molecule has 27 heavy (non-hydrogen) atoms. The van der Waals surface area contributed by atoms with Gasteiger partial charge in [-0.25, -0.2) is 4.39 Å². The van der Waals surface area contributed by atoms with E-state index in [0.717, 1.165) is 42.9 Å². The number of aliphatic imine (C=N–C) groups is 1. The number of hydrogen-bond donors (Lipinski definition) is 3. The number of halogens is 2. The quantitative estimate of drug-likeness (QED) is 0.301. The second-order valence-corrected chi connectivity index (χ2v) is 7.10. The monoisotopic (exact) mass is 489 g/mol. The van der Waals surface area contributed by atoms with Gasteiger partial charge in [-0.15, -0.1) is 24.0 Å². The largest absolute Gasteiger partial charge is 0.361 e. The SMILES string of the molecule is CN=C(NCCc1c[nH]c2cc(F)ccc12)NCCN(C(C)C)C(C)C.I. The molecule has 3 N–H and O–H groups in total. The van der Waals surface area contributed by atoms with E-state index in [9.17, 15) is 4.39 Å². The maximum Gasteiger partial charge on any atom is 0.191 e. The van der Waals surface area contributed by atoms with Crippen LogP contribution >= 0.6 is 24.0 Å². The Hall–Kier alpha value is -1.35. The van der Waals surface area contributed by atoms with E-state index in [4.69, 9.17) is 0 Å². The molecule has 0 saturated heterocycles. The summed E-state index contributed by atoms with van der Waals surface area (Å²) in [5, 5.41) is 7.79. The summed E-state index contributed by atoms with van der Waals surface area (Å²) in [6.45, 7) is 11.5. The third kappa shape index (κ3) is 6.95. The molecule has 1 heterocycles. The van der Waals surface area contributed by atoms with Gasteiger partial charge in [0, 0.05) is 55.9 Å². The first kappa shape index (κ1) is 23.7. The summed E-state index contributed by atoms with van der Waals surface area (Å²) < 4.78 is 13.3. The van der Waals surface area contributed by atoms with Gasteiger partial charge in [0.15, 0.2) is 5.96 Å². The molecule has 1 aromatic carbocycles. The van der Waals surface area contributed by atoms with Gasteiger partial charge >= 0.3 is 0 Å². The number of nitrogens with zero attached hydrogens (tertiary/aromatic N) is 2. The summed E-state index contributed by atoms with van der Waals surface area (Å²) in [6, 6.07) is 5.91. The van der Waals surface area contributed by atoms with E-state index in [1.165, 1.54) is 17.7 Å². The van der Waals surface area contributed by atoms with Crippen molar-refractivity contribution >= 4 is 40.8 Å². The summed E-state index contributed by atoms with van der Waals surface area (Å²) in [4.78, 5) is 9.87. The van der Waals surface area contributed by atoms with Crippen LogP contribution in [-0.4, -0.2) is 54.6 Å². The lowest BCUT2D eigenvalue weighted by atomic mass is 10.1. The van der Waals surface area contributed by atoms with Crippen LogP contribution in [0.15, 0.2) is 29.4 Å². The number of benzene rings is 1. The molecule has 0 aliphatic heterocycles. The average Bonchev–Trinajstić information content (AvgIpc) is 2.98. The number of H-pyrrole nitrogens is 1. The number of hydrogen-bond acceptors (Lipinski definition) is 2. The summed E-state index contributed by atoms with van der Waals surface area (Å²) in [6.07, 6.45) is 2.79. The zero-order valence-electron chi connectivity index (χ0n) is 17.0. The number of fused-ring (bicyclic) bond motifs is 1. The fourth-order valence-electron chi connectivity index (χ4n) is 3.32. The molecular weight excluding hydrogens is 456 g/mol. The summed E-state index contributed by atoms with van der Waals surface area (Å²) in [5.74, 6) is 0.591. The molecule has 0 spiro atoms. The topological polar surface area (TPSA) is 55.5 Å². The number of rotatable bonds is 8. The van der Waals surface area contributed by atoms with Gasteiger partial charge in [-0.05, 0) is 57.9 Å². The van der Waals surface area contributed by atoms with Gasteiger partial charge in [0.2, 0.25) is 0 Å². The highest BCUT2D eigenvalue weighted by Crippen LogP contribution is 2.19. The van der Waals surface area contributed by atoms with Gasteiger partial charge in [0.05, 0.1) is 0 Å². The van der Waals surface area contributed by atoms with E-state index in [1.54, 1.807) is 7.05 Å². The lowest BCUT2D eigenvalue weighted by Gasteiger charge is -2.30. The van der Waals surface area contributed by atoms with Crippen LogP contribution < -0.4 is 10.6 Å². The summed E-state index contributed by atoms with van der Waals surface area (Å²) in [7, 11) is 1.78. The number of aromatic amines is 1. The molecule has 0 atom stereocenters. The molecule has 2 rings (SSSR count). The van der Waals surface area contributed by atoms with Crippen LogP contribution in [-0.2, 0) is 6.42 Å². The first-order valence-electron chi connectivity index (χ1n) is 9.38. The molecule has 0 amide bonds. The Morgan fingerprint density at radius 1 is 1.15 bits per heavy atom. The molecule has 152 valence electrons. The normalized spacial score (nSPS) is 12.1. The number of nitrogens with one attached hydrogen (secondary N) is 3. The highest BCUT2D eigenvalue weighted by Gasteiger charge is 2.12. The molecule has 1 aromatic heterocycles. The summed E-state index contributed by atoms with van der Waals surface area (Å²) >= 11 is 0. The van der Waals surface area contributed by atoms with Crippen molar-refractivity contribution in [3.63, 3.8) is 0 Å². The van der Waals surface area contributed by atoms with Gasteiger partial charge in [-0.2, -0.15) is 0 Å². The third-order valence-electron chi connectivity index (χ3n) is 4.63. The lowest BCUT2D eigenvalue weighted by molar-refractivity contribution is 0.178. The zero-order chi connectivity index (χ0) is 19.1. The van der Waals surface area contributed by atoms with Crippen LogP contribution in [0.2, 0.25) is 0 Å². The van der Waals surface area contributed by atoms with E-state index in [2.05, 4.69) is 53.2 Å². The van der Waals surface area contributed by atoms with Crippen LogP contribution in [0.25, 0.3) is 10.9 Å². The third-order valence-corrected chi connectivity index (χ3v) is 4.63. The van der Waals surface area contributed by atoms with E-state index >= 15 is 0 Å². The summed E-state index contributed by atoms with van der Waals surface area (Å²) in [5.41, 5.74) is 2.01. The average molecular weight is 489 g/mol. The van der Waals surface area contributed by atoms with Gasteiger partial charge in [-0.3, -0.25) is 9.89 Å². The Morgan fingerprint density at radius 3 is 2.44 bits per heavy atom. The highest BCUT2D eigenvalue weighted by molar-refractivity contribution is 14.0. The van der Waals surface area contributed by atoms with E-state index in [0.29, 0.717) is 12.1 Å². The Balaban J connectivity index is 0.00000364. The fraction of sp³-hybridized carbons (Fsp3) is 0.550. The standard InChI is InChI=1S/C20H32FN5.HI/c1-14(2)26(15(3)4)11-10-24-20(22-5)23-9-8-16-13-25-19-12-17(21)6-7-18(16)19;/h6-7,12-15,25H,8-11H2,1-5H3,(H2,22,23,24);1H. The molecule has 7 heteroatoms. The fourth-order valence-corrected chi connectivity index (χ4v) is 3.32. The number of guanidine groups is 1. The van der Waals surface area contributed by atoms with Crippen molar-refractivity contribution in [2.45, 2.75) is 46.2 Å². The Kier molecular flexibility index (Phi) is 10.1. The second-order valence-electron chi connectivity index (χ2n) is 7.10. The highest BCUT2D eigenvalue weighted by atomic mass is 127. The first-order chi connectivity index (χ1) is 12.4. The zero-order valence-corrected chi connectivity index (χ0v) is 19.3. The number of aromatic nitrogens is 1. The molecular formula is C20H33FIN5. The minimum Gasteiger partial charge on any atom is -0.361 e. The molecule has 0 bridgehead atoms. The van der Waals surface area contributed by atoms with E-state index < -0.39 is 0 Å². The predicted molar refractivity (Wildman–Crippen MR) is 124 cm³/mol. The Labute approximate surface area is 179 Å². The Bertz CT molecular complexity index is 718. The van der Waals surface area contributed by atoms with E-state index in [-0.39, 0.29) is 29.8 Å². The first-order valence-corrected chi connectivity index (χ1v) is 9.38. The molecule has 0 saturated carbocycles. The maximum atomic E-state index is 13.3. The van der Waals surface area contributed by atoms with Crippen LogP contribution in [0.1, 0.15) is 33.3 Å². The smallest absolute Gasteiger partial charge is 0.191 e. The van der Waals surface area contributed by atoms with Crippen LogP contribution in [0.4, 0.5) is 4.39 Å². The van der Waals surface area contributed by atoms with Gasteiger partial charge in [0.1, 0.15) is 5.82 Å². The van der Waals surface area contributed by atoms with Gasteiger partial charge in [0.25, 0.3) is 0 Å². The minimum absolute atomic E-state index is 0. The van der Waals surface area contributed by atoms with Crippen molar-refractivity contribution in [3.8, 4) is 0 Å². The predicted octanol–water partition coefficient (Wildman–Crippen LogP) is 3.75. The molecule has 0 fully saturated rings. The lowest BCUT2D eigenvalue weighted by Crippen LogP contribution is -2.45. The molecule has 0 aliphatic rings. The maximum absolute atomic E-state index is 13.3. The molecule has 5 nitrogen and oxygen atoms in total. The molecule has 0 unspecified atom stereocenters. The minimum atomic E-state index is -0.217. The van der Waals surface area contributed by atoms with Crippen LogP contribution in [0, 0.1) is 5.82 Å². The van der Waals surface area contributed by atoms with Crippen molar-refractivity contribution < 1.29 is 4.39 Å². The molecule has 2 aromatic rings. The van der Waals surface area contributed by atoms with Crippen molar-refractivity contribution in [1.29, 1.82) is 0 Å². The van der Waals surface area contributed by atoms with Gasteiger partial charge < -0.3 is 15.6 Å². The van der Waals surface area contributed by atoms with Crippen LogP contribution in [0.5, 0.6) is 0 Å². The van der Waals surface area contributed by atoms with Crippen molar-refractivity contribution in [3.05, 3.63) is 35.8 Å². The van der Waals surface area contributed by atoms with Crippen molar-refractivity contribution in [1.82, 2.24) is 20.5 Å².